The maximum Gasteiger partial charge on any atom is 0.308 e. The average molecular weight is 158 g/mol. The van der Waals surface area contributed by atoms with Gasteiger partial charge in [-0.25, -0.2) is 0 Å². The predicted molar refractivity (Wildman–Crippen MR) is 40.1 cm³/mol. The number of methoxy groups -OCH3 is 2. The third-order valence-corrected chi connectivity index (χ3v) is 2.17. The minimum atomic E-state index is -0.0719. The van der Waals surface area contributed by atoms with Crippen LogP contribution in [0.2, 0.25) is 0 Å². The first-order valence-electron chi connectivity index (χ1n) is 3.84. The fraction of sp³-hybridized carbons (Fsp3) is 0.875. The summed E-state index contributed by atoms with van der Waals surface area (Å²) in [4.78, 5) is 10.9. The Morgan fingerprint density at radius 3 is 2.55 bits per heavy atom. The number of hydrogen-bond donors (Lipinski definition) is 0. The van der Waals surface area contributed by atoms with Crippen LogP contribution in [-0.2, 0) is 14.3 Å². The number of carbonyl (C=O) groups is 1. The van der Waals surface area contributed by atoms with Gasteiger partial charge in [-0.2, -0.15) is 0 Å². The Kier molecular flexibility index (Phi) is 2.88. The zero-order valence-electron chi connectivity index (χ0n) is 7.00. The second-order valence-electron chi connectivity index (χ2n) is 3.01. The Morgan fingerprint density at radius 1 is 1.45 bits per heavy atom. The van der Waals surface area contributed by atoms with Crippen LogP contribution in [0.15, 0.2) is 0 Å². The second kappa shape index (κ2) is 3.72. The van der Waals surface area contributed by atoms with E-state index in [4.69, 9.17) is 4.74 Å². The van der Waals surface area contributed by atoms with Crippen molar-refractivity contribution < 1.29 is 14.3 Å². The van der Waals surface area contributed by atoms with E-state index in [9.17, 15) is 4.79 Å². The Bertz CT molecular complexity index is 138. The number of carbonyl (C=O) groups excluding carboxylic acids is 1. The summed E-state index contributed by atoms with van der Waals surface area (Å²) in [5.41, 5.74) is 0. The lowest BCUT2D eigenvalue weighted by Crippen LogP contribution is -2.33. The zero-order chi connectivity index (χ0) is 8.27. The van der Waals surface area contributed by atoms with Crippen LogP contribution in [0.3, 0.4) is 0 Å². The highest BCUT2D eigenvalue weighted by Crippen LogP contribution is 2.34. The molecule has 3 heteroatoms. The molecule has 0 radical (unpaired) electrons. The van der Waals surface area contributed by atoms with Crippen LogP contribution in [-0.4, -0.2) is 26.8 Å². The van der Waals surface area contributed by atoms with Gasteiger partial charge >= 0.3 is 5.97 Å². The standard InChI is InChI=1S/C8H14O3/c1-10-5-6-3-7(4-6)8(9)11-2/h6-7H,3-5H2,1-2H3. The van der Waals surface area contributed by atoms with Crippen molar-refractivity contribution in [1.82, 2.24) is 0 Å². The van der Waals surface area contributed by atoms with E-state index in [-0.39, 0.29) is 11.9 Å². The molecule has 0 atom stereocenters. The molecule has 64 valence electrons. The minimum absolute atomic E-state index is 0.0719. The molecule has 0 aromatic rings. The van der Waals surface area contributed by atoms with Crippen molar-refractivity contribution >= 4 is 5.97 Å². The van der Waals surface area contributed by atoms with Crippen molar-refractivity contribution in [3.63, 3.8) is 0 Å². The molecule has 1 saturated carbocycles. The first-order chi connectivity index (χ1) is 5.27. The smallest absolute Gasteiger partial charge is 0.308 e. The maximum atomic E-state index is 10.9. The normalized spacial score (nSPS) is 29.3. The van der Waals surface area contributed by atoms with Gasteiger partial charge in [-0.15, -0.1) is 0 Å². The molecule has 0 unspecified atom stereocenters. The molecule has 0 saturated heterocycles. The number of hydrogen-bond acceptors (Lipinski definition) is 3. The van der Waals surface area contributed by atoms with E-state index in [0.29, 0.717) is 5.92 Å². The van der Waals surface area contributed by atoms with E-state index in [2.05, 4.69) is 4.74 Å². The number of esters is 1. The molecule has 0 amide bonds. The molecule has 1 fully saturated rings. The molecule has 0 bridgehead atoms. The van der Waals surface area contributed by atoms with Crippen LogP contribution in [0, 0.1) is 11.8 Å². The van der Waals surface area contributed by atoms with Crippen molar-refractivity contribution in [2.45, 2.75) is 12.8 Å². The molecule has 11 heavy (non-hydrogen) atoms. The largest absolute Gasteiger partial charge is 0.469 e. The van der Waals surface area contributed by atoms with E-state index in [1.165, 1.54) is 7.11 Å². The van der Waals surface area contributed by atoms with Crippen molar-refractivity contribution in [3.05, 3.63) is 0 Å². The van der Waals surface area contributed by atoms with Gasteiger partial charge < -0.3 is 9.47 Å². The van der Waals surface area contributed by atoms with E-state index in [1.54, 1.807) is 7.11 Å². The zero-order valence-corrected chi connectivity index (χ0v) is 7.00. The van der Waals surface area contributed by atoms with Gasteiger partial charge in [-0.05, 0) is 18.8 Å². The van der Waals surface area contributed by atoms with Crippen molar-refractivity contribution in [1.29, 1.82) is 0 Å². The summed E-state index contributed by atoms with van der Waals surface area (Å²) in [5, 5.41) is 0. The Labute approximate surface area is 66.7 Å². The highest BCUT2D eigenvalue weighted by molar-refractivity contribution is 5.73. The Morgan fingerprint density at radius 2 is 2.09 bits per heavy atom. The lowest BCUT2D eigenvalue weighted by Gasteiger charge is -2.32. The number of rotatable bonds is 3. The third-order valence-electron chi connectivity index (χ3n) is 2.17. The van der Waals surface area contributed by atoms with Crippen LogP contribution in [0.25, 0.3) is 0 Å². The molecule has 1 aliphatic carbocycles. The van der Waals surface area contributed by atoms with Gasteiger partial charge in [0, 0.05) is 13.7 Å². The Balaban J connectivity index is 2.13. The summed E-state index contributed by atoms with van der Waals surface area (Å²) in [6.07, 6.45) is 1.86. The van der Waals surface area contributed by atoms with Gasteiger partial charge in [0.2, 0.25) is 0 Å². The van der Waals surface area contributed by atoms with Crippen LogP contribution in [0.5, 0.6) is 0 Å². The van der Waals surface area contributed by atoms with Crippen LogP contribution in [0.4, 0.5) is 0 Å². The minimum Gasteiger partial charge on any atom is -0.469 e. The summed E-state index contributed by atoms with van der Waals surface area (Å²) in [5.74, 6) is 0.640. The molecule has 1 aliphatic rings. The molecule has 0 aromatic carbocycles. The third kappa shape index (κ3) is 1.93. The molecular weight excluding hydrogens is 144 g/mol. The molecule has 0 aromatic heterocycles. The van der Waals surface area contributed by atoms with Crippen molar-refractivity contribution in [3.8, 4) is 0 Å². The van der Waals surface area contributed by atoms with Crippen LogP contribution >= 0.6 is 0 Å². The van der Waals surface area contributed by atoms with E-state index in [1.807, 2.05) is 0 Å². The molecule has 1 rings (SSSR count). The second-order valence-corrected chi connectivity index (χ2v) is 3.01. The highest BCUT2D eigenvalue weighted by Gasteiger charge is 2.34. The summed E-state index contributed by atoms with van der Waals surface area (Å²) in [6.45, 7) is 0.771. The van der Waals surface area contributed by atoms with Gasteiger partial charge in [-0.1, -0.05) is 0 Å². The fourth-order valence-corrected chi connectivity index (χ4v) is 1.47. The summed E-state index contributed by atoms with van der Waals surface area (Å²) in [7, 11) is 3.12. The van der Waals surface area contributed by atoms with Crippen molar-refractivity contribution in [2.24, 2.45) is 11.8 Å². The number of ether oxygens (including phenoxy) is 2. The maximum absolute atomic E-state index is 10.9. The molecule has 0 N–H and O–H groups in total. The predicted octanol–water partition coefficient (Wildman–Crippen LogP) is 0.832. The van der Waals surface area contributed by atoms with E-state index >= 15 is 0 Å². The molecule has 0 spiro atoms. The first-order valence-corrected chi connectivity index (χ1v) is 3.84. The lowest BCUT2D eigenvalue weighted by molar-refractivity contribution is -0.150. The topological polar surface area (TPSA) is 35.5 Å². The fourth-order valence-electron chi connectivity index (χ4n) is 1.47. The van der Waals surface area contributed by atoms with Gasteiger partial charge in [-0.3, -0.25) is 4.79 Å². The van der Waals surface area contributed by atoms with Crippen LogP contribution < -0.4 is 0 Å². The van der Waals surface area contributed by atoms with Crippen LogP contribution in [0.1, 0.15) is 12.8 Å². The summed E-state index contributed by atoms with van der Waals surface area (Å²) in [6, 6.07) is 0. The monoisotopic (exact) mass is 158 g/mol. The van der Waals surface area contributed by atoms with Crippen molar-refractivity contribution in [2.75, 3.05) is 20.8 Å². The molecule has 3 nitrogen and oxygen atoms in total. The molecule has 0 aliphatic heterocycles. The lowest BCUT2D eigenvalue weighted by atomic mass is 9.75. The quantitative estimate of drug-likeness (QED) is 0.571. The van der Waals surface area contributed by atoms with E-state index in [0.717, 1.165) is 19.4 Å². The summed E-state index contributed by atoms with van der Waals surface area (Å²) < 4.78 is 9.56. The molecular formula is C8H14O3. The van der Waals surface area contributed by atoms with Gasteiger partial charge in [0.25, 0.3) is 0 Å². The van der Waals surface area contributed by atoms with E-state index < -0.39 is 0 Å². The van der Waals surface area contributed by atoms with Gasteiger partial charge in [0.15, 0.2) is 0 Å². The van der Waals surface area contributed by atoms with Gasteiger partial charge in [0.1, 0.15) is 0 Å². The average Bonchev–Trinajstić information content (AvgIpc) is 1.94. The van der Waals surface area contributed by atoms with Gasteiger partial charge in [0.05, 0.1) is 13.0 Å². The first kappa shape index (κ1) is 8.53. The highest BCUT2D eigenvalue weighted by atomic mass is 16.5. The SMILES string of the molecule is COCC1CC(C(=O)OC)C1. The molecule has 0 heterocycles. The Hall–Kier alpha value is -0.570. The summed E-state index contributed by atoms with van der Waals surface area (Å²) >= 11 is 0.